The van der Waals surface area contributed by atoms with E-state index in [1.54, 1.807) is 16.8 Å². The van der Waals surface area contributed by atoms with E-state index in [0.29, 0.717) is 39.9 Å². The quantitative estimate of drug-likeness (QED) is 0.770. The molecule has 1 aromatic carbocycles. The molecular formula is C22H24ClN3O3S. The molecule has 1 amide bonds. The Morgan fingerprint density at radius 2 is 1.63 bits per heavy atom. The van der Waals surface area contributed by atoms with Gasteiger partial charge in [0, 0.05) is 10.6 Å². The summed E-state index contributed by atoms with van der Waals surface area (Å²) in [5.74, 6) is 2.38. The van der Waals surface area contributed by atoms with Gasteiger partial charge in [-0.25, -0.2) is 13.1 Å². The highest BCUT2D eigenvalue weighted by molar-refractivity contribution is 7.90. The molecule has 4 aliphatic carbocycles. The number of anilines is 1. The van der Waals surface area contributed by atoms with Crippen molar-refractivity contribution in [1.29, 1.82) is 0 Å². The Labute approximate surface area is 180 Å². The summed E-state index contributed by atoms with van der Waals surface area (Å²) in [5, 5.41) is 8.34. The van der Waals surface area contributed by atoms with Gasteiger partial charge < -0.3 is 5.32 Å². The van der Waals surface area contributed by atoms with Crippen LogP contribution in [-0.4, -0.2) is 24.1 Å². The lowest BCUT2D eigenvalue weighted by molar-refractivity contribution is -0.140. The molecule has 0 saturated heterocycles. The number of rotatable bonds is 3. The highest BCUT2D eigenvalue weighted by Gasteiger charge is 2.55. The van der Waals surface area contributed by atoms with Crippen molar-refractivity contribution in [2.45, 2.75) is 50.0 Å². The largest absolute Gasteiger partial charge is 0.310 e. The molecule has 5 aliphatic rings. The zero-order valence-corrected chi connectivity index (χ0v) is 18.2. The minimum absolute atomic E-state index is 0.0452. The minimum Gasteiger partial charge on any atom is -0.310 e. The van der Waals surface area contributed by atoms with Gasteiger partial charge in [-0.2, -0.15) is 5.10 Å². The number of amides is 1. The molecule has 30 heavy (non-hydrogen) atoms. The van der Waals surface area contributed by atoms with Gasteiger partial charge in [0.2, 0.25) is 5.91 Å². The van der Waals surface area contributed by atoms with Gasteiger partial charge in [-0.15, -0.1) is 0 Å². The van der Waals surface area contributed by atoms with Crippen LogP contribution in [0.1, 0.15) is 49.8 Å². The Bertz CT molecular complexity index is 1120. The number of carbonyl (C=O) groups is 1. The second-order valence-corrected chi connectivity index (χ2v) is 12.3. The number of hydrogen-bond acceptors (Lipinski definition) is 4. The number of benzene rings is 1. The lowest BCUT2D eigenvalue weighted by Gasteiger charge is -2.55. The van der Waals surface area contributed by atoms with Crippen LogP contribution in [0.3, 0.4) is 0 Å². The number of fused-ring (bicyclic) bond motifs is 1. The zero-order valence-electron chi connectivity index (χ0n) is 16.6. The zero-order chi connectivity index (χ0) is 20.7. The summed E-state index contributed by atoms with van der Waals surface area (Å²) in [6.07, 6.45) is 6.68. The van der Waals surface area contributed by atoms with Crippen LogP contribution >= 0.6 is 11.6 Å². The summed E-state index contributed by atoms with van der Waals surface area (Å²) < 4.78 is 26.1. The number of hydrogen-bond donors (Lipinski definition) is 1. The Morgan fingerprint density at radius 1 is 1.03 bits per heavy atom. The molecular weight excluding hydrogens is 422 g/mol. The summed E-state index contributed by atoms with van der Waals surface area (Å²) in [6.45, 7) is 0. The van der Waals surface area contributed by atoms with Gasteiger partial charge in [-0.3, -0.25) is 4.79 Å². The highest BCUT2D eigenvalue weighted by atomic mass is 35.5. The summed E-state index contributed by atoms with van der Waals surface area (Å²) in [4.78, 5) is 13.6. The van der Waals surface area contributed by atoms with Crippen molar-refractivity contribution in [3.8, 4) is 5.69 Å². The molecule has 1 N–H and O–H groups in total. The molecule has 158 valence electrons. The van der Waals surface area contributed by atoms with Crippen molar-refractivity contribution in [2.24, 2.45) is 23.2 Å². The van der Waals surface area contributed by atoms with Gasteiger partial charge in [-0.1, -0.05) is 11.6 Å². The second-order valence-electron chi connectivity index (χ2n) is 9.85. The fourth-order valence-corrected chi connectivity index (χ4v) is 8.39. The number of aromatic nitrogens is 2. The van der Waals surface area contributed by atoms with Crippen molar-refractivity contribution in [2.75, 3.05) is 5.32 Å². The van der Waals surface area contributed by atoms with E-state index < -0.39 is 9.84 Å². The monoisotopic (exact) mass is 445 g/mol. The normalized spacial score (nSPS) is 32.9. The van der Waals surface area contributed by atoms with Crippen LogP contribution in [0.4, 0.5) is 5.82 Å². The second kappa shape index (κ2) is 6.33. The van der Waals surface area contributed by atoms with Gasteiger partial charge in [-0.05, 0) is 80.5 Å². The van der Waals surface area contributed by atoms with Gasteiger partial charge in [0.15, 0.2) is 9.84 Å². The molecule has 6 nitrogen and oxygen atoms in total. The summed E-state index contributed by atoms with van der Waals surface area (Å²) in [5.41, 5.74) is 1.61. The van der Waals surface area contributed by atoms with Crippen molar-refractivity contribution >= 4 is 33.2 Å². The van der Waals surface area contributed by atoms with Gasteiger partial charge >= 0.3 is 0 Å². The Balaban J connectivity index is 1.39. The third-order valence-electron chi connectivity index (χ3n) is 7.61. The molecule has 4 fully saturated rings. The molecule has 0 radical (unpaired) electrons. The van der Waals surface area contributed by atoms with Crippen LogP contribution in [0.15, 0.2) is 24.3 Å². The molecule has 8 heteroatoms. The van der Waals surface area contributed by atoms with Crippen LogP contribution in [-0.2, 0) is 26.1 Å². The predicted octanol–water partition coefficient (Wildman–Crippen LogP) is 4.11. The van der Waals surface area contributed by atoms with Gasteiger partial charge in [0.25, 0.3) is 0 Å². The van der Waals surface area contributed by atoms with Crippen LogP contribution in [0.5, 0.6) is 0 Å². The third kappa shape index (κ3) is 2.93. The van der Waals surface area contributed by atoms with E-state index in [1.165, 1.54) is 19.3 Å². The van der Waals surface area contributed by atoms with E-state index in [4.69, 9.17) is 11.6 Å². The van der Waals surface area contributed by atoms with Gasteiger partial charge in [0.05, 0.1) is 28.3 Å². The number of sulfone groups is 1. The molecule has 2 aromatic rings. The van der Waals surface area contributed by atoms with Crippen LogP contribution < -0.4 is 5.32 Å². The standard InChI is InChI=1S/C22H24ClN3O3S/c23-16-1-3-17(4-2-16)26-20(18-11-30(28,29)12-19(18)25-26)24-21(27)22-8-13-5-14(9-22)7-15(6-13)10-22/h1-4,13-15H,5-12H2,(H,24,27). The molecule has 0 atom stereocenters. The van der Waals surface area contributed by atoms with Crippen LogP contribution in [0.2, 0.25) is 5.02 Å². The van der Waals surface area contributed by atoms with Gasteiger partial charge in [0.1, 0.15) is 5.82 Å². The first-order valence-electron chi connectivity index (χ1n) is 10.7. The third-order valence-corrected chi connectivity index (χ3v) is 9.30. The van der Waals surface area contributed by atoms with E-state index >= 15 is 0 Å². The average Bonchev–Trinajstić information content (AvgIpc) is 3.14. The molecule has 4 bridgehead atoms. The number of nitrogens with one attached hydrogen (secondary N) is 1. The molecule has 4 saturated carbocycles. The predicted molar refractivity (Wildman–Crippen MR) is 114 cm³/mol. The molecule has 1 aromatic heterocycles. The minimum atomic E-state index is -3.22. The maximum atomic E-state index is 13.6. The van der Waals surface area contributed by atoms with Crippen molar-refractivity contribution < 1.29 is 13.2 Å². The van der Waals surface area contributed by atoms with Crippen molar-refractivity contribution in [3.05, 3.63) is 40.5 Å². The average molecular weight is 446 g/mol. The smallest absolute Gasteiger partial charge is 0.231 e. The Hall–Kier alpha value is -1.86. The lowest BCUT2D eigenvalue weighted by atomic mass is 9.49. The number of nitrogens with zero attached hydrogens (tertiary/aromatic N) is 2. The summed E-state index contributed by atoms with van der Waals surface area (Å²) in [7, 11) is -3.22. The first-order chi connectivity index (χ1) is 14.3. The number of carbonyl (C=O) groups excluding carboxylic acids is 1. The van der Waals surface area contributed by atoms with E-state index in [1.807, 2.05) is 12.1 Å². The summed E-state index contributed by atoms with van der Waals surface area (Å²) >= 11 is 6.03. The fraction of sp³-hybridized carbons (Fsp3) is 0.545. The molecule has 0 unspecified atom stereocenters. The Morgan fingerprint density at radius 3 is 2.23 bits per heavy atom. The lowest BCUT2D eigenvalue weighted by Crippen LogP contribution is -2.52. The molecule has 7 rings (SSSR count). The van der Waals surface area contributed by atoms with Crippen LogP contribution in [0, 0.1) is 23.2 Å². The van der Waals surface area contributed by atoms with Crippen molar-refractivity contribution in [3.63, 3.8) is 0 Å². The van der Waals surface area contributed by atoms with E-state index in [9.17, 15) is 13.2 Å². The fourth-order valence-electron chi connectivity index (χ4n) is 6.77. The van der Waals surface area contributed by atoms with E-state index in [-0.39, 0.29) is 22.8 Å². The van der Waals surface area contributed by atoms with E-state index in [0.717, 1.165) is 24.9 Å². The highest BCUT2D eigenvalue weighted by Crippen LogP contribution is 2.60. The topological polar surface area (TPSA) is 81.1 Å². The van der Waals surface area contributed by atoms with Crippen molar-refractivity contribution in [1.82, 2.24) is 9.78 Å². The maximum Gasteiger partial charge on any atom is 0.231 e. The van der Waals surface area contributed by atoms with E-state index in [2.05, 4.69) is 10.4 Å². The first-order valence-corrected chi connectivity index (χ1v) is 12.9. The first kappa shape index (κ1) is 18.9. The molecule has 2 heterocycles. The summed E-state index contributed by atoms with van der Waals surface area (Å²) in [6, 6.07) is 7.20. The molecule has 0 spiro atoms. The SMILES string of the molecule is O=C(Nc1c2c(nn1-c1ccc(Cl)cc1)CS(=O)(=O)C2)C12CC3CC(CC(C3)C1)C2. The van der Waals surface area contributed by atoms with Crippen LogP contribution in [0.25, 0.3) is 5.69 Å². The Kier molecular flexibility index (Phi) is 3.98. The molecule has 1 aliphatic heterocycles. The number of halogens is 1. The maximum absolute atomic E-state index is 13.6.